The maximum Gasteiger partial charge on any atom is 0.0641 e. The van der Waals surface area contributed by atoms with Crippen molar-refractivity contribution in [1.82, 2.24) is 13.7 Å². The second-order valence-electron chi connectivity index (χ2n) is 14.9. The van der Waals surface area contributed by atoms with E-state index in [4.69, 9.17) is 0 Å². The lowest BCUT2D eigenvalue weighted by molar-refractivity contribution is 1.17. The monoisotopic (exact) mass is 725 g/mol. The first kappa shape index (κ1) is 31.7. The molecule has 9 aromatic carbocycles. The van der Waals surface area contributed by atoms with Crippen molar-refractivity contribution in [3.8, 4) is 39.3 Å². The first-order chi connectivity index (χ1) is 28.3. The third kappa shape index (κ3) is 4.73. The Morgan fingerprint density at radius 3 is 1.35 bits per heavy atom. The molecule has 266 valence electrons. The standard InChI is InChI=1S/C54H35N3/c1-3-16-36(17-4-1)38-20-13-22-40(34-38)55-47-28-11-8-25-44(47)52-49(55)30-15-31-50(52)57-48-29-12-9-26-45(48)53-51(57)33-32-43-42-24-7-10-27-46(42)56(54(43)53)41-23-14-21-39(35-41)37-18-5-2-6-19-37/h1-35H. The molecule has 12 rings (SSSR count). The fourth-order valence-corrected chi connectivity index (χ4v) is 9.41. The van der Waals surface area contributed by atoms with Gasteiger partial charge in [-0.05, 0) is 82.9 Å². The number of para-hydroxylation sites is 3. The normalized spacial score (nSPS) is 11.9. The summed E-state index contributed by atoms with van der Waals surface area (Å²) in [6.45, 7) is 0. The third-order valence-electron chi connectivity index (χ3n) is 11.8. The number of benzene rings is 9. The predicted octanol–water partition coefficient (Wildman–Crippen LogP) is 14.3. The van der Waals surface area contributed by atoms with Gasteiger partial charge in [-0.3, -0.25) is 0 Å². The van der Waals surface area contributed by atoms with Crippen molar-refractivity contribution < 1.29 is 0 Å². The summed E-state index contributed by atoms with van der Waals surface area (Å²) in [5.41, 5.74) is 15.4. The summed E-state index contributed by atoms with van der Waals surface area (Å²) >= 11 is 0. The van der Waals surface area contributed by atoms with Crippen molar-refractivity contribution in [2.75, 3.05) is 0 Å². The van der Waals surface area contributed by atoms with E-state index in [1.807, 2.05) is 0 Å². The number of hydrogen-bond acceptors (Lipinski definition) is 0. The van der Waals surface area contributed by atoms with Crippen LogP contribution in [0.25, 0.3) is 105 Å². The Morgan fingerprint density at radius 2 is 0.702 bits per heavy atom. The minimum atomic E-state index is 1.14. The largest absolute Gasteiger partial charge is 0.309 e. The zero-order chi connectivity index (χ0) is 37.5. The van der Waals surface area contributed by atoms with Crippen molar-refractivity contribution in [1.29, 1.82) is 0 Å². The third-order valence-corrected chi connectivity index (χ3v) is 11.8. The number of rotatable bonds is 5. The first-order valence-electron chi connectivity index (χ1n) is 19.6. The van der Waals surface area contributed by atoms with Crippen LogP contribution in [0, 0.1) is 0 Å². The van der Waals surface area contributed by atoms with Crippen LogP contribution in [-0.4, -0.2) is 13.7 Å². The Balaban J connectivity index is 1.17. The minimum Gasteiger partial charge on any atom is -0.309 e. The highest BCUT2D eigenvalue weighted by molar-refractivity contribution is 6.27. The van der Waals surface area contributed by atoms with Crippen LogP contribution in [0.4, 0.5) is 0 Å². The summed E-state index contributed by atoms with van der Waals surface area (Å²) in [7, 11) is 0. The lowest BCUT2D eigenvalue weighted by Crippen LogP contribution is -1.97. The van der Waals surface area contributed by atoms with E-state index in [-0.39, 0.29) is 0 Å². The molecule has 0 aliphatic rings. The second kappa shape index (κ2) is 12.5. The van der Waals surface area contributed by atoms with E-state index in [1.165, 1.54) is 93.4 Å². The summed E-state index contributed by atoms with van der Waals surface area (Å²) in [4.78, 5) is 0. The molecule has 0 fully saturated rings. The van der Waals surface area contributed by atoms with Gasteiger partial charge in [0.25, 0.3) is 0 Å². The van der Waals surface area contributed by atoms with Gasteiger partial charge in [0.1, 0.15) is 0 Å². The van der Waals surface area contributed by atoms with Crippen molar-refractivity contribution >= 4 is 65.4 Å². The van der Waals surface area contributed by atoms with Crippen molar-refractivity contribution in [3.05, 3.63) is 212 Å². The molecule has 0 unspecified atom stereocenters. The van der Waals surface area contributed by atoms with Crippen LogP contribution in [0.3, 0.4) is 0 Å². The van der Waals surface area contributed by atoms with Gasteiger partial charge in [0, 0.05) is 43.7 Å². The topological polar surface area (TPSA) is 14.8 Å². The number of hydrogen-bond donors (Lipinski definition) is 0. The first-order valence-corrected chi connectivity index (χ1v) is 19.6. The van der Waals surface area contributed by atoms with Gasteiger partial charge in [-0.2, -0.15) is 0 Å². The second-order valence-corrected chi connectivity index (χ2v) is 14.9. The van der Waals surface area contributed by atoms with E-state index in [1.54, 1.807) is 0 Å². The van der Waals surface area contributed by atoms with Crippen LogP contribution in [0.5, 0.6) is 0 Å². The fraction of sp³-hybridized carbons (Fsp3) is 0. The molecule has 0 saturated carbocycles. The summed E-state index contributed by atoms with van der Waals surface area (Å²) in [6.07, 6.45) is 0. The summed E-state index contributed by atoms with van der Waals surface area (Å²) in [5, 5.41) is 7.45. The van der Waals surface area contributed by atoms with Gasteiger partial charge in [-0.25, -0.2) is 0 Å². The van der Waals surface area contributed by atoms with Crippen LogP contribution in [-0.2, 0) is 0 Å². The quantitative estimate of drug-likeness (QED) is 0.168. The van der Waals surface area contributed by atoms with E-state index in [2.05, 4.69) is 226 Å². The van der Waals surface area contributed by atoms with Gasteiger partial charge in [-0.1, -0.05) is 152 Å². The average Bonchev–Trinajstić information content (AvgIpc) is 3.93. The molecule has 3 nitrogen and oxygen atoms in total. The molecule has 57 heavy (non-hydrogen) atoms. The smallest absolute Gasteiger partial charge is 0.0641 e. The number of nitrogens with zero attached hydrogens (tertiary/aromatic N) is 3. The Morgan fingerprint density at radius 1 is 0.246 bits per heavy atom. The van der Waals surface area contributed by atoms with Gasteiger partial charge in [0.05, 0.1) is 38.8 Å². The van der Waals surface area contributed by atoms with Crippen LogP contribution in [0.15, 0.2) is 212 Å². The lowest BCUT2D eigenvalue weighted by Gasteiger charge is -2.13. The Hall–Kier alpha value is -7.62. The zero-order valence-corrected chi connectivity index (χ0v) is 31.0. The van der Waals surface area contributed by atoms with E-state index in [9.17, 15) is 0 Å². The molecule has 0 atom stereocenters. The van der Waals surface area contributed by atoms with Gasteiger partial charge < -0.3 is 13.7 Å². The van der Waals surface area contributed by atoms with Gasteiger partial charge in [0.15, 0.2) is 0 Å². The van der Waals surface area contributed by atoms with Crippen molar-refractivity contribution in [2.45, 2.75) is 0 Å². The van der Waals surface area contributed by atoms with Gasteiger partial charge in [-0.15, -0.1) is 0 Å². The highest BCUT2D eigenvalue weighted by Crippen LogP contribution is 2.44. The van der Waals surface area contributed by atoms with Crippen LogP contribution in [0.2, 0.25) is 0 Å². The summed E-state index contributed by atoms with van der Waals surface area (Å²) < 4.78 is 7.43. The predicted molar refractivity (Wildman–Crippen MR) is 240 cm³/mol. The molecule has 0 aliphatic carbocycles. The number of fused-ring (bicyclic) bond motifs is 10. The highest BCUT2D eigenvalue weighted by atomic mass is 15.0. The SMILES string of the molecule is c1ccc(-c2cccc(-n3c4ccccc4c4c(-n5c6ccccc6c6c5ccc5c7ccccc7n(-c7cccc(-c8ccccc8)c7)c56)cccc43)c2)cc1. The molecule has 0 saturated heterocycles. The Bertz CT molecular complexity index is 3510. The van der Waals surface area contributed by atoms with Crippen LogP contribution < -0.4 is 0 Å². The van der Waals surface area contributed by atoms with E-state index >= 15 is 0 Å². The molecule has 0 N–H and O–H groups in total. The summed E-state index contributed by atoms with van der Waals surface area (Å²) in [6, 6.07) is 77.4. The minimum absolute atomic E-state index is 1.14. The van der Waals surface area contributed by atoms with Crippen molar-refractivity contribution in [3.63, 3.8) is 0 Å². The molecule has 0 radical (unpaired) electrons. The lowest BCUT2D eigenvalue weighted by atomic mass is 10.0. The van der Waals surface area contributed by atoms with E-state index < -0.39 is 0 Å². The molecule has 0 amide bonds. The molecular weight excluding hydrogens is 691 g/mol. The molecule has 3 heteroatoms. The Kier molecular flexibility index (Phi) is 6.93. The highest BCUT2D eigenvalue weighted by Gasteiger charge is 2.23. The maximum atomic E-state index is 2.51. The molecule has 0 bridgehead atoms. The van der Waals surface area contributed by atoms with Crippen LogP contribution >= 0.6 is 0 Å². The molecule has 0 spiro atoms. The molecule has 3 aromatic heterocycles. The molecule has 0 aliphatic heterocycles. The van der Waals surface area contributed by atoms with Crippen molar-refractivity contribution in [2.24, 2.45) is 0 Å². The summed E-state index contributed by atoms with van der Waals surface area (Å²) in [5.74, 6) is 0. The maximum absolute atomic E-state index is 2.51. The molecule has 12 aromatic rings. The molecule has 3 heterocycles. The average molecular weight is 726 g/mol. The van der Waals surface area contributed by atoms with E-state index in [0.29, 0.717) is 0 Å². The van der Waals surface area contributed by atoms with Gasteiger partial charge >= 0.3 is 0 Å². The van der Waals surface area contributed by atoms with Crippen LogP contribution in [0.1, 0.15) is 0 Å². The molecular formula is C54H35N3. The zero-order valence-electron chi connectivity index (χ0n) is 31.0. The van der Waals surface area contributed by atoms with E-state index in [0.717, 1.165) is 11.4 Å². The Labute approximate surface area is 329 Å². The van der Waals surface area contributed by atoms with Gasteiger partial charge in [0.2, 0.25) is 0 Å². The number of aromatic nitrogens is 3. The fourth-order valence-electron chi connectivity index (χ4n) is 9.41.